The van der Waals surface area contributed by atoms with Gasteiger partial charge in [-0.05, 0) is 87.4 Å². The van der Waals surface area contributed by atoms with Gasteiger partial charge in [0.2, 0.25) is 0 Å². The number of aromatic hydroxyl groups is 1. The molecule has 7 atom stereocenters. The maximum atomic E-state index is 12.2. The van der Waals surface area contributed by atoms with E-state index in [4.69, 9.17) is 9.47 Å². The predicted octanol–water partition coefficient (Wildman–Crippen LogP) is 4.59. The maximum Gasteiger partial charge on any atom is 0.165 e. The van der Waals surface area contributed by atoms with E-state index in [1.807, 2.05) is 26.2 Å². The molecule has 1 unspecified atom stereocenters. The van der Waals surface area contributed by atoms with Gasteiger partial charge in [-0.2, -0.15) is 0 Å². The summed E-state index contributed by atoms with van der Waals surface area (Å²) in [5, 5.41) is 25.3. The first kappa shape index (κ1) is 21.5. The molecule has 1 aromatic carbocycles. The molecular formula is C29H35NO4S. The molecule has 2 spiro atoms. The summed E-state index contributed by atoms with van der Waals surface area (Å²) in [5.74, 6) is 1.73. The van der Waals surface area contributed by atoms with Crippen LogP contribution in [0.1, 0.15) is 61.5 Å². The van der Waals surface area contributed by atoms with Crippen LogP contribution in [0.25, 0.3) is 0 Å². The van der Waals surface area contributed by atoms with Gasteiger partial charge in [0, 0.05) is 46.9 Å². The number of methoxy groups -OCH3 is 1. The van der Waals surface area contributed by atoms with E-state index in [0.717, 1.165) is 49.4 Å². The highest BCUT2D eigenvalue weighted by Crippen LogP contribution is 2.78. The molecule has 0 amide bonds. The predicted molar refractivity (Wildman–Crippen MR) is 134 cm³/mol. The normalized spacial score (nSPS) is 42.4. The fraction of sp³-hybridized carbons (Fsp3) is 0.655. The number of ether oxygens (including phenoxy) is 2. The zero-order chi connectivity index (χ0) is 23.8. The van der Waals surface area contributed by atoms with Crippen LogP contribution in [0, 0.1) is 17.3 Å². The van der Waals surface area contributed by atoms with Crippen molar-refractivity contribution >= 4 is 11.3 Å². The fourth-order valence-electron chi connectivity index (χ4n) is 9.80. The van der Waals surface area contributed by atoms with Crippen molar-refractivity contribution in [3.05, 3.63) is 45.6 Å². The van der Waals surface area contributed by atoms with E-state index >= 15 is 0 Å². The molecule has 7 aliphatic rings. The Morgan fingerprint density at radius 3 is 2.83 bits per heavy atom. The minimum absolute atomic E-state index is 0.0169. The number of benzene rings is 1. The van der Waals surface area contributed by atoms with Crippen LogP contribution in [0.3, 0.4) is 0 Å². The van der Waals surface area contributed by atoms with Gasteiger partial charge in [-0.1, -0.05) is 12.1 Å². The molecule has 1 saturated heterocycles. The molecule has 0 radical (unpaired) electrons. The van der Waals surface area contributed by atoms with Crippen LogP contribution in [-0.2, 0) is 22.2 Å². The first-order valence-corrected chi connectivity index (χ1v) is 14.3. The number of hydrogen-bond donors (Lipinski definition) is 2. The Morgan fingerprint density at radius 1 is 1.23 bits per heavy atom. The van der Waals surface area contributed by atoms with Gasteiger partial charge in [0.1, 0.15) is 17.3 Å². The highest BCUT2D eigenvalue weighted by molar-refractivity contribution is 7.10. The topological polar surface area (TPSA) is 62.2 Å². The van der Waals surface area contributed by atoms with Crippen molar-refractivity contribution in [1.29, 1.82) is 0 Å². The SMILES string of the molecule is CO[C@]12CC[C@@]3(C[C@@H]1C(C)(O)c1cccs1)[C@H]1Cc4ccc(O)c5c4[C@@]3(CCN1CC1CC1)[C@H]2O5. The molecule has 5 aliphatic carbocycles. The summed E-state index contributed by atoms with van der Waals surface area (Å²) < 4.78 is 13.5. The van der Waals surface area contributed by atoms with Gasteiger partial charge in [-0.15, -0.1) is 11.3 Å². The summed E-state index contributed by atoms with van der Waals surface area (Å²) in [4.78, 5) is 3.82. The van der Waals surface area contributed by atoms with Gasteiger partial charge in [0.25, 0.3) is 0 Å². The Balaban J connectivity index is 1.37. The molecule has 1 aromatic heterocycles. The summed E-state index contributed by atoms with van der Waals surface area (Å²) in [5.41, 5.74) is 0.893. The number of aliphatic hydroxyl groups is 1. The molecule has 5 fully saturated rings. The Bertz CT molecular complexity index is 1210. The van der Waals surface area contributed by atoms with Crippen LogP contribution in [0.4, 0.5) is 0 Å². The summed E-state index contributed by atoms with van der Waals surface area (Å²) in [6.45, 7) is 4.29. The molecule has 9 rings (SSSR count). The zero-order valence-corrected chi connectivity index (χ0v) is 21.4. The van der Waals surface area contributed by atoms with Crippen LogP contribution in [0.15, 0.2) is 29.6 Å². The van der Waals surface area contributed by atoms with Gasteiger partial charge in [0.05, 0.1) is 0 Å². The maximum absolute atomic E-state index is 12.2. The Labute approximate surface area is 211 Å². The van der Waals surface area contributed by atoms with Crippen molar-refractivity contribution in [2.24, 2.45) is 17.3 Å². The molecule has 4 bridgehead atoms. The first-order valence-electron chi connectivity index (χ1n) is 13.4. The monoisotopic (exact) mass is 493 g/mol. The minimum Gasteiger partial charge on any atom is -0.504 e. The van der Waals surface area contributed by atoms with Crippen molar-refractivity contribution in [2.75, 3.05) is 20.2 Å². The van der Waals surface area contributed by atoms with E-state index in [1.54, 1.807) is 11.3 Å². The molecule has 2 aliphatic heterocycles. The number of phenolic OH excluding ortho intramolecular Hbond substituents is 1. The average molecular weight is 494 g/mol. The van der Waals surface area contributed by atoms with Gasteiger partial charge in [-0.25, -0.2) is 0 Å². The van der Waals surface area contributed by atoms with Crippen molar-refractivity contribution < 1.29 is 19.7 Å². The smallest absolute Gasteiger partial charge is 0.165 e. The summed E-state index contributed by atoms with van der Waals surface area (Å²) in [6.07, 6.45) is 7.52. The number of hydrogen-bond acceptors (Lipinski definition) is 6. The third kappa shape index (κ3) is 2.33. The van der Waals surface area contributed by atoms with Crippen molar-refractivity contribution in [3.8, 4) is 11.5 Å². The van der Waals surface area contributed by atoms with E-state index in [0.29, 0.717) is 11.8 Å². The number of nitrogens with zero attached hydrogens (tertiary/aromatic N) is 1. The third-order valence-electron chi connectivity index (χ3n) is 11.4. The van der Waals surface area contributed by atoms with Crippen LogP contribution < -0.4 is 4.74 Å². The van der Waals surface area contributed by atoms with Gasteiger partial charge in [-0.3, -0.25) is 4.90 Å². The Kier molecular flexibility index (Phi) is 4.07. The van der Waals surface area contributed by atoms with Gasteiger partial charge < -0.3 is 19.7 Å². The molecule has 186 valence electrons. The number of likely N-dealkylation sites (tertiary alicyclic amines) is 1. The molecule has 2 N–H and O–H groups in total. The standard InChI is InChI=1S/C29H35NO4S/c1-26(32,22-4-3-13-35-22)20-15-27-9-10-29(20,33-2)25-28(27)11-12-30(16-17-5-6-17)21(27)14-18-7-8-19(31)24(34-25)23(18)28/h3-4,7-8,13,17,20-21,25,31-32H,5-6,9-12,14-16H2,1-2H3/t20-,21-,25-,26?,27-,28+,29-/m1/s1. The van der Waals surface area contributed by atoms with Gasteiger partial charge >= 0.3 is 0 Å². The Hall–Kier alpha value is -1.60. The summed E-state index contributed by atoms with van der Waals surface area (Å²) in [6, 6.07) is 8.54. The second kappa shape index (κ2) is 6.63. The highest BCUT2D eigenvalue weighted by atomic mass is 32.1. The van der Waals surface area contributed by atoms with Crippen molar-refractivity contribution in [1.82, 2.24) is 4.90 Å². The van der Waals surface area contributed by atoms with Crippen LogP contribution in [0.5, 0.6) is 11.5 Å². The van der Waals surface area contributed by atoms with Crippen molar-refractivity contribution in [3.63, 3.8) is 0 Å². The second-order valence-corrected chi connectivity index (χ2v) is 13.5. The third-order valence-corrected chi connectivity index (χ3v) is 12.5. The Morgan fingerprint density at radius 2 is 2.09 bits per heavy atom. The van der Waals surface area contributed by atoms with E-state index in [9.17, 15) is 10.2 Å². The van der Waals surface area contributed by atoms with Crippen LogP contribution in [0.2, 0.25) is 0 Å². The van der Waals surface area contributed by atoms with Crippen molar-refractivity contribution in [2.45, 2.75) is 80.6 Å². The van der Waals surface area contributed by atoms with Gasteiger partial charge in [0.15, 0.2) is 11.5 Å². The quantitative estimate of drug-likeness (QED) is 0.638. The number of piperidine rings is 1. The molecule has 3 heterocycles. The lowest BCUT2D eigenvalue weighted by molar-refractivity contribution is -0.303. The number of rotatable bonds is 5. The molecule has 4 saturated carbocycles. The van der Waals surface area contributed by atoms with E-state index < -0.39 is 11.2 Å². The lowest BCUT2D eigenvalue weighted by atomic mass is 9.33. The number of phenols is 1. The molecule has 2 aromatic rings. The molecule has 35 heavy (non-hydrogen) atoms. The second-order valence-electron chi connectivity index (χ2n) is 12.5. The fourth-order valence-corrected chi connectivity index (χ4v) is 10.6. The minimum atomic E-state index is -1.00. The number of thiophene rings is 1. The van der Waals surface area contributed by atoms with Crippen LogP contribution >= 0.6 is 11.3 Å². The zero-order valence-electron chi connectivity index (χ0n) is 20.6. The summed E-state index contributed by atoms with van der Waals surface area (Å²) >= 11 is 1.63. The van der Waals surface area contributed by atoms with E-state index in [2.05, 4.69) is 22.4 Å². The van der Waals surface area contributed by atoms with E-state index in [-0.39, 0.29) is 28.6 Å². The average Bonchev–Trinajstić information content (AvgIpc) is 3.34. The lowest BCUT2D eigenvalue weighted by Crippen LogP contribution is -2.82. The van der Waals surface area contributed by atoms with E-state index in [1.165, 1.54) is 30.5 Å². The molecular weight excluding hydrogens is 458 g/mol. The summed E-state index contributed by atoms with van der Waals surface area (Å²) in [7, 11) is 1.82. The lowest BCUT2D eigenvalue weighted by Gasteiger charge is -2.75. The number of fused-ring (bicyclic) bond motifs is 2. The first-order chi connectivity index (χ1) is 16.9. The molecule has 5 nitrogen and oxygen atoms in total. The molecule has 6 heteroatoms. The van der Waals surface area contributed by atoms with Crippen LogP contribution in [-0.4, -0.2) is 53.1 Å². The largest absolute Gasteiger partial charge is 0.504 e. The highest BCUT2D eigenvalue weighted by Gasteiger charge is 2.82.